The molecule has 0 unspecified atom stereocenters. The van der Waals surface area contributed by atoms with Crippen LogP contribution < -0.4 is 14.9 Å². The number of esters is 1. The number of hydrogen-bond acceptors (Lipinski definition) is 5. The van der Waals surface area contributed by atoms with E-state index in [2.05, 4.69) is 17.5 Å². The zero-order valence-corrected chi connectivity index (χ0v) is 23.4. The van der Waals surface area contributed by atoms with E-state index in [0.29, 0.717) is 30.1 Å². The van der Waals surface area contributed by atoms with Crippen molar-refractivity contribution < 1.29 is 19.1 Å². The van der Waals surface area contributed by atoms with Crippen LogP contribution in [0.1, 0.15) is 120 Å². The third-order valence-electron chi connectivity index (χ3n) is 6.39. The summed E-state index contributed by atoms with van der Waals surface area (Å²) in [6, 6.07) is 14.0. The van der Waals surface area contributed by atoms with Gasteiger partial charge in [-0.1, -0.05) is 102 Å². The fraction of sp³-hybridized carbons (Fsp3) is 0.531. The van der Waals surface area contributed by atoms with Crippen molar-refractivity contribution in [3.8, 4) is 11.5 Å². The Morgan fingerprint density at radius 1 is 0.763 bits per heavy atom. The Labute approximate surface area is 229 Å². The molecule has 0 saturated carbocycles. The molecule has 2 rings (SSSR count). The lowest BCUT2D eigenvalue weighted by atomic mass is 10.0. The summed E-state index contributed by atoms with van der Waals surface area (Å²) in [7, 11) is 0. The summed E-state index contributed by atoms with van der Waals surface area (Å²) in [5.41, 5.74) is 3.79. The van der Waals surface area contributed by atoms with E-state index in [4.69, 9.17) is 9.47 Å². The maximum absolute atomic E-state index is 12.4. The molecule has 2 aromatic carbocycles. The molecule has 2 aromatic rings. The lowest BCUT2D eigenvalue weighted by Gasteiger charge is -2.11. The average molecular weight is 523 g/mol. The van der Waals surface area contributed by atoms with E-state index in [0.717, 1.165) is 18.4 Å². The van der Waals surface area contributed by atoms with Crippen LogP contribution in [-0.2, 0) is 4.79 Å². The normalized spacial score (nSPS) is 11.0. The van der Waals surface area contributed by atoms with Crippen LogP contribution >= 0.6 is 0 Å². The minimum Gasteiger partial charge on any atom is -0.490 e. The SMILES string of the molecule is CCCCCCCCCCCCCCCC(=O)N/N=C/c1ccc(OC(=O)c2ccccc2)c(OCC)c1. The second-order valence-electron chi connectivity index (χ2n) is 9.68. The van der Waals surface area contributed by atoms with Crippen LogP contribution in [0.5, 0.6) is 11.5 Å². The van der Waals surface area contributed by atoms with Crippen molar-refractivity contribution in [2.45, 2.75) is 104 Å². The fourth-order valence-electron chi connectivity index (χ4n) is 4.23. The van der Waals surface area contributed by atoms with Gasteiger partial charge in [0.2, 0.25) is 5.91 Å². The highest BCUT2D eigenvalue weighted by Gasteiger charge is 2.13. The van der Waals surface area contributed by atoms with Gasteiger partial charge in [-0.3, -0.25) is 4.79 Å². The van der Waals surface area contributed by atoms with E-state index >= 15 is 0 Å². The molecule has 38 heavy (non-hydrogen) atoms. The molecule has 0 spiro atoms. The molecular formula is C32H46N2O4. The zero-order valence-electron chi connectivity index (χ0n) is 23.4. The molecule has 1 N–H and O–H groups in total. The Bertz CT molecular complexity index is 959. The van der Waals surface area contributed by atoms with Crippen LogP contribution in [0.3, 0.4) is 0 Å². The third-order valence-corrected chi connectivity index (χ3v) is 6.39. The second-order valence-corrected chi connectivity index (χ2v) is 9.68. The lowest BCUT2D eigenvalue weighted by molar-refractivity contribution is -0.121. The van der Waals surface area contributed by atoms with Crippen LogP contribution in [0.4, 0.5) is 0 Å². The predicted molar refractivity (Wildman–Crippen MR) is 155 cm³/mol. The van der Waals surface area contributed by atoms with Gasteiger partial charge in [-0.15, -0.1) is 0 Å². The smallest absolute Gasteiger partial charge is 0.343 e. The molecule has 0 heterocycles. The van der Waals surface area contributed by atoms with E-state index in [1.54, 1.807) is 48.7 Å². The number of nitrogens with one attached hydrogen (secondary N) is 1. The minimum atomic E-state index is -0.451. The number of carbonyl (C=O) groups is 2. The van der Waals surface area contributed by atoms with Crippen molar-refractivity contribution in [2.24, 2.45) is 5.10 Å². The average Bonchev–Trinajstić information content (AvgIpc) is 2.93. The number of carbonyl (C=O) groups excluding carboxylic acids is 2. The Morgan fingerprint density at radius 3 is 1.97 bits per heavy atom. The van der Waals surface area contributed by atoms with E-state index in [9.17, 15) is 9.59 Å². The number of ether oxygens (including phenoxy) is 2. The van der Waals surface area contributed by atoms with E-state index in [1.807, 2.05) is 13.0 Å². The van der Waals surface area contributed by atoms with Crippen LogP contribution in [0.25, 0.3) is 0 Å². The summed E-state index contributed by atoms with van der Waals surface area (Å²) in [5, 5.41) is 4.07. The van der Waals surface area contributed by atoms with E-state index < -0.39 is 5.97 Å². The molecule has 0 atom stereocenters. The van der Waals surface area contributed by atoms with Crippen LogP contribution in [0.2, 0.25) is 0 Å². The molecule has 0 aliphatic carbocycles. The Balaban J connectivity index is 1.62. The fourth-order valence-corrected chi connectivity index (χ4v) is 4.23. The van der Waals surface area contributed by atoms with E-state index in [1.165, 1.54) is 70.6 Å². The minimum absolute atomic E-state index is 0.0808. The molecule has 0 radical (unpaired) electrons. The van der Waals surface area contributed by atoms with Crippen LogP contribution in [0, 0.1) is 0 Å². The highest BCUT2D eigenvalue weighted by atomic mass is 16.6. The molecule has 0 bridgehead atoms. The largest absolute Gasteiger partial charge is 0.490 e. The molecule has 0 aromatic heterocycles. The van der Waals surface area contributed by atoms with E-state index in [-0.39, 0.29) is 5.91 Å². The first-order chi connectivity index (χ1) is 18.6. The van der Waals surface area contributed by atoms with Crippen molar-refractivity contribution in [2.75, 3.05) is 6.61 Å². The van der Waals surface area contributed by atoms with Gasteiger partial charge in [-0.05, 0) is 49.2 Å². The molecule has 208 valence electrons. The van der Waals surface area contributed by atoms with Gasteiger partial charge in [0.05, 0.1) is 18.4 Å². The molecule has 1 amide bonds. The lowest BCUT2D eigenvalue weighted by Crippen LogP contribution is -2.16. The van der Waals surface area contributed by atoms with Gasteiger partial charge in [-0.25, -0.2) is 10.2 Å². The first-order valence-corrected chi connectivity index (χ1v) is 14.5. The zero-order chi connectivity index (χ0) is 27.3. The maximum Gasteiger partial charge on any atom is 0.343 e. The number of unbranched alkanes of at least 4 members (excludes halogenated alkanes) is 12. The topological polar surface area (TPSA) is 77.0 Å². The molecule has 0 aliphatic heterocycles. The Kier molecular flexibility index (Phi) is 16.3. The highest BCUT2D eigenvalue weighted by molar-refractivity contribution is 5.91. The highest BCUT2D eigenvalue weighted by Crippen LogP contribution is 2.29. The molecule has 6 nitrogen and oxygen atoms in total. The van der Waals surface area contributed by atoms with Crippen LogP contribution in [0.15, 0.2) is 53.6 Å². The van der Waals surface area contributed by atoms with Gasteiger partial charge in [0.25, 0.3) is 0 Å². The van der Waals surface area contributed by atoms with Gasteiger partial charge in [0.1, 0.15) is 0 Å². The number of hydrogen-bond donors (Lipinski definition) is 1. The van der Waals surface area contributed by atoms with Crippen molar-refractivity contribution in [1.82, 2.24) is 5.43 Å². The molecule has 0 fully saturated rings. The number of hydrazone groups is 1. The Hall–Kier alpha value is -3.15. The summed E-state index contributed by atoms with van der Waals surface area (Å²) >= 11 is 0. The first kappa shape index (κ1) is 31.1. The molecule has 0 saturated heterocycles. The summed E-state index contributed by atoms with van der Waals surface area (Å²) < 4.78 is 11.2. The van der Waals surface area contributed by atoms with Crippen molar-refractivity contribution >= 4 is 18.1 Å². The van der Waals surface area contributed by atoms with Gasteiger partial charge < -0.3 is 9.47 Å². The van der Waals surface area contributed by atoms with Gasteiger partial charge in [0, 0.05) is 6.42 Å². The standard InChI is InChI=1S/C32H46N2O4/c1-3-5-6-7-8-9-10-11-12-13-14-15-19-22-31(35)34-33-26-27-23-24-29(30(25-27)37-4-2)38-32(36)28-20-17-16-18-21-28/h16-18,20-21,23-26H,3-15,19,22H2,1-2H3,(H,34,35)/b33-26+. The monoisotopic (exact) mass is 522 g/mol. The predicted octanol–water partition coefficient (Wildman–Crippen LogP) is 8.24. The number of nitrogens with zero attached hydrogens (tertiary/aromatic N) is 1. The van der Waals surface area contributed by atoms with Crippen molar-refractivity contribution in [3.05, 3.63) is 59.7 Å². The second kappa shape index (κ2) is 19.9. The quantitative estimate of drug-likeness (QED) is 0.0624. The molecular weight excluding hydrogens is 476 g/mol. The van der Waals surface area contributed by atoms with Gasteiger partial charge in [-0.2, -0.15) is 5.10 Å². The number of amides is 1. The van der Waals surface area contributed by atoms with Crippen molar-refractivity contribution in [3.63, 3.8) is 0 Å². The van der Waals surface area contributed by atoms with Gasteiger partial charge in [0.15, 0.2) is 11.5 Å². The summed E-state index contributed by atoms with van der Waals surface area (Å²) in [5.74, 6) is 0.250. The molecule has 6 heteroatoms. The summed E-state index contributed by atoms with van der Waals surface area (Å²) in [6.45, 7) is 4.54. The number of rotatable bonds is 20. The summed E-state index contributed by atoms with van der Waals surface area (Å²) in [6.07, 6.45) is 18.7. The Morgan fingerprint density at radius 2 is 1.37 bits per heavy atom. The van der Waals surface area contributed by atoms with Crippen LogP contribution in [-0.4, -0.2) is 24.7 Å². The van der Waals surface area contributed by atoms with Gasteiger partial charge >= 0.3 is 5.97 Å². The molecule has 0 aliphatic rings. The summed E-state index contributed by atoms with van der Waals surface area (Å²) in [4.78, 5) is 24.5. The number of benzene rings is 2. The maximum atomic E-state index is 12.4. The third kappa shape index (κ3) is 13.4. The first-order valence-electron chi connectivity index (χ1n) is 14.5. The van der Waals surface area contributed by atoms with Crippen molar-refractivity contribution in [1.29, 1.82) is 0 Å².